The van der Waals surface area contributed by atoms with E-state index >= 15 is 0 Å². The van der Waals surface area contributed by atoms with Gasteiger partial charge in [-0.2, -0.15) is 0 Å². The summed E-state index contributed by atoms with van der Waals surface area (Å²) in [6, 6.07) is 49.7. The first-order valence-electron chi connectivity index (χ1n) is 23.4. The molecule has 0 saturated carbocycles. The number of aromatic hydroxyl groups is 1. The van der Waals surface area contributed by atoms with Crippen molar-refractivity contribution in [3.63, 3.8) is 0 Å². The fourth-order valence-electron chi connectivity index (χ4n) is 9.43. The third kappa shape index (κ3) is 8.32. The van der Waals surface area contributed by atoms with Crippen LogP contribution in [0.4, 0.5) is 0 Å². The zero-order chi connectivity index (χ0) is 47.4. The number of hydrogen-bond acceptors (Lipinski definition) is 5. The normalized spacial score (nSPS) is 12.9. The van der Waals surface area contributed by atoms with Crippen molar-refractivity contribution in [1.82, 2.24) is 19.5 Å². The number of nitrogens with zero attached hydrogens (tertiary/aromatic N) is 4. The van der Waals surface area contributed by atoms with E-state index in [1.165, 1.54) is 21.2 Å². The van der Waals surface area contributed by atoms with Crippen molar-refractivity contribution in [1.29, 1.82) is 0 Å². The fourth-order valence-corrected chi connectivity index (χ4v) is 10.6. The van der Waals surface area contributed by atoms with Gasteiger partial charge in [-0.3, -0.25) is 9.55 Å². The van der Waals surface area contributed by atoms with Gasteiger partial charge in [0.05, 0.1) is 28.0 Å². The second kappa shape index (κ2) is 17.0. The minimum atomic E-state index is -0.336. The summed E-state index contributed by atoms with van der Waals surface area (Å²) in [7, 11) is 0. The summed E-state index contributed by atoms with van der Waals surface area (Å²) in [4.78, 5) is 17.9. The van der Waals surface area contributed by atoms with Gasteiger partial charge >= 0.3 is 0 Å². The zero-order valence-corrected chi connectivity index (χ0v) is 44.3. The largest absolute Gasteiger partial charge is 0.507 e. The number of phenolic OH excluding ortho intramolecular Hbond substituents is 1. The average Bonchev–Trinajstić information content (AvgIpc) is 3.67. The number of para-hydroxylation sites is 1. The summed E-state index contributed by atoms with van der Waals surface area (Å²) < 4.78 is 2.28. The quantitative estimate of drug-likeness (QED) is 0.174. The first kappa shape index (κ1) is 47.3. The van der Waals surface area contributed by atoms with Gasteiger partial charge in [-0.05, 0) is 74.1 Å². The molecule has 0 bridgehead atoms. The van der Waals surface area contributed by atoms with E-state index in [1.807, 2.05) is 0 Å². The van der Waals surface area contributed by atoms with Gasteiger partial charge in [-0.15, -0.1) is 29.3 Å². The third-order valence-electron chi connectivity index (χ3n) is 13.3. The number of hydrogen-bond donors (Lipinski definition) is 1. The van der Waals surface area contributed by atoms with Crippen LogP contribution in [0.1, 0.15) is 105 Å². The molecule has 7 heteroatoms. The van der Waals surface area contributed by atoms with E-state index in [9.17, 15) is 5.11 Å². The molecule has 1 N–H and O–H groups in total. The van der Waals surface area contributed by atoms with Crippen molar-refractivity contribution >= 4 is 33.6 Å². The molecular formula is C61H59N4OPtS-. The van der Waals surface area contributed by atoms with Crippen LogP contribution in [0, 0.1) is 6.07 Å². The Morgan fingerprint density at radius 3 is 1.85 bits per heavy atom. The molecule has 0 aliphatic carbocycles. The van der Waals surface area contributed by atoms with Crippen molar-refractivity contribution in [3.05, 3.63) is 162 Å². The molecule has 0 amide bonds. The number of fused-ring (bicyclic) bond motifs is 3. The maximum Gasteiger partial charge on any atom is 0.148 e. The third-order valence-corrected chi connectivity index (χ3v) is 14.5. The number of imidazole rings is 1. The maximum atomic E-state index is 12.6. The van der Waals surface area contributed by atoms with Crippen LogP contribution in [0.2, 0.25) is 0 Å². The first-order valence-corrected chi connectivity index (χ1v) is 24.2. The molecule has 1 aliphatic rings. The molecule has 0 spiro atoms. The Bertz CT molecular complexity index is 3430. The molecule has 2 aromatic heterocycles. The number of aromatic nitrogens is 4. The predicted molar refractivity (Wildman–Crippen MR) is 281 cm³/mol. The van der Waals surface area contributed by atoms with Crippen LogP contribution in [-0.4, -0.2) is 24.6 Å². The van der Waals surface area contributed by atoms with Crippen LogP contribution in [0.15, 0.2) is 144 Å². The molecule has 0 saturated heterocycles. The summed E-state index contributed by atoms with van der Waals surface area (Å²) in [5.74, 6) is 0.927. The Kier molecular flexibility index (Phi) is 11.8. The molecule has 5 nitrogen and oxygen atoms in total. The molecule has 346 valence electrons. The van der Waals surface area contributed by atoms with E-state index in [1.54, 1.807) is 18.1 Å². The summed E-state index contributed by atoms with van der Waals surface area (Å²) in [6.07, 6.45) is 1.70. The molecule has 68 heavy (non-hydrogen) atoms. The number of benzene rings is 7. The van der Waals surface area contributed by atoms with Gasteiger partial charge < -0.3 is 5.11 Å². The van der Waals surface area contributed by atoms with Crippen molar-refractivity contribution in [2.45, 2.75) is 115 Å². The molecule has 0 atom stereocenters. The van der Waals surface area contributed by atoms with Gasteiger partial charge in [0, 0.05) is 58.6 Å². The van der Waals surface area contributed by atoms with Crippen LogP contribution in [0.3, 0.4) is 0 Å². The summed E-state index contributed by atoms with van der Waals surface area (Å²) in [6.45, 7) is 26.8. The molecular weight excluding hydrogens is 1030 g/mol. The fraction of sp³-hybridized carbons (Fsp3) is 0.262. The predicted octanol–water partition coefficient (Wildman–Crippen LogP) is 16.5. The van der Waals surface area contributed by atoms with Gasteiger partial charge in [-0.25, -0.2) is 9.97 Å². The first-order chi connectivity index (χ1) is 31.7. The molecule has 0 radical (unpaired) electrons. The smallest absolute Gasteiger partial charge is 0.148 e. The van der Waals surface area contributed by atoms with Crippen molar-refractivity contribution in [2.75, 3.05) is 0 Å². The molecule has 0 unspecified atom stereocenters. The minimum absolute atomic E-state index is 0. The van der Waals surface area contributed by atoms with Crippen LogP contribution >= 0.6 is 11.8 Å². The summed E-state index contributed by atoms with van der Waals surface area (Å²) in [5.41, 5.74) is 15.0. The second-order valence-electron chi connectivity index (χ2n) is 22.3. The van der Waals surface area contributed by atoms with Gasteiger partial charge in [-0.1, -0.05) is 191 Å². The molecule has 1 aliphatic heterocycles. The Balaban J connectivity index is 0.00000578. The van der Waals surface area contributed by atoms with Gasteiger partial charge in [0.1, 0.15) is 17.9 Å². The van der Waals surface area contributed by atoms with E-state index in [-0.39, 0.29) is 48.5 Å². The number of rotatable bonds is 5. The van der Waals surface area contributed by atoms with Crippen molar-refractivity contribution in [2.24, 2.45) is 0 Å². The van der Waals surface area contributed by atoms with E-state index in [2.05, 4.69) is 221 Å². The minimum Gasteiger partial charge on any atom is -0.507 e. The van der Waals surface area contributed by atoms with Crippen LogP contribution in [0.25, 0.3) is 83.6 Å². The average molecular weight is 1090 g/mol. The van der Waals surface area contributed by atoms with E-state index in [4.69, 9.17) is 15.0 Å². The molecule has 9 aromatic rings. The van der Waals surface area contributed by atoms with E-state index in [0.29, 0.717) is 11.4 Å². The SMILES string of the molecule is CC(C)(C)c1cc(-c2ncnc3c2Sc2cccc4cccc-3c24)[c-]c(-c2cccc3c2nc(-c2cc(C(C)(C)C)cc(C(C)(C)C)c2O)n3-c2ccc(C(C)(C)C)cc2-c2ccccc2)c1.[Pt]. The molecule has 7 aromatic carbocycles. The molecule has 10 rings (SSSR count). The Labute approximate surface area is 420 Å². The van der Waals surface area contributed by atoms with Gasteiger partial charge in [0.25, 0.3) is 0 Å². The summed E-state index contributed by atoms with van der Waals surface area (Å²) in [5, 5.41) is 15.0. The van der Waals surface area contributed by atoms with E-state index < -0.39 is 0 Å². The maximum absolute atomic E-state index is 12.6. The van der Waals surface area contributed by atoms with Crippen molar-refractivity contribution in [3.8, 4) is 67.6 Å². The molecule has 0 fully saturated rings. The monoisotopic (exact) mass is 1090 g/mol. The van der Waals surface area contributed by atoms with Gasteiger partial charge in [0.15, 0.2) is 0 Å². The Morgan fingerprint density at radius 2 is 1.16 bits per heavy atom. The van der Waals surface area contributed by atoms with Crippen LogP contribution < -0.4 is 0 Å². The summed E-state index contributed by atoms with van der Waals surface area (Å²) >= 11 is 1.74. The van der Waals surface area contributed by atoms with Crippen LogP contribution in [-0.2, 0) is 42.7 Å². The Hall–Kier alpha value is -5.81. The number of phenols is 1. The van der Waals surface area contributed by atoms with Crippen LogP contribution in [0.5, 0.6) is 5.75 Å². The topological polar surface area (TPSA) is 63.8 Å². The standard InChI is InChI=1S/C61H59N4OS.Pt/c1-58(2,3)40-27-28-48(45(32-40)36-19-14-13-15-20-36)65-49-25-18-23-43(53(49)64-57(65)46-33-42(60(7,8)9)34-47(55(46)66)61(10,11)12)38-29-39(31-41(30-38)59(4,5)6)52-56-54(63-35-62-52)44-24-16-21-37-22-17-26-50(67-56)51(37)44;/h13-28,30-35,66H,1-12H3;/q-1;. The zero-order valence-electron chi connectivity index (χ0n) is 41.2. The Morgan fingerprint density at radius 1 is 0.544 bits per heavy atom. The van der Waals surface area contributed by atoms with E-state index in [0.717, 1.165) is 83.1 Å². The van der Waals surface area contributed by atoms with Gasteiger partial charge in [0.2, 0.25) is 0 Å². The second-order valence-corrected chi connectivity index (χ2v) is 23.4. The van der Waals surface area contributed by atoms with Crippen molar-refractivity contribution < 1.29 is 26.2 Å². The molecule has 3 heterocycles.